The summed E-state index contributed by atoms with van der Waals surface area (Å²) in [4.78, 5) is 2.39. The molecule has 0 fully saturated rings. The largest absolute Gasteiger partial charge is 0.306 e. The molecule has 0 heterocycles. The number of nitriles is 1. The van der Waals surface area contributed by atoms with Crippen molar-refractivity contribution in [2.24, 2.45) is 0 Å². The van der Waals surface area contributed by atoms with E-state index in [0.717, 1.165) is 25.9 Å². The minimum atomic E-state index is -0.337. The highest BCUT2D eigenvalue weighted by atomic mass is 15.1. The average Bonchev–Trinajstić information content (AvgIpc) is 2.32. The standard InChI is InChI=1S/C14H29N3/c1-5-7-11-17(4)12-9-8-10-14(3,13-15)16-6-2/h16H,5-12H2,1-4H3. The van der Waals surface area contributed by atoms with Crippen LogP contribution in [0.4, 0.5) is 0 Å². The third-order valence-electron chi connectivity index (χ3n) is 3.17. The van der Waals surface area contributed by atoms with Crippen LogP contribution >= 0.6 is 0 Å². The molecular formula is C14H29N3. The molecule has 0 aromatic heterocycles. The highest BCUT2D eigenvalue weighted by Crippen LogP contribution is 2.12. The Labute approximate surface area is 107 Å². The van der Waals surface area contributed by atoms with Crippen LogP contribution in [0.5, 0.6) is 0 Å². The zero-order valence-electron chi connectivity index (χ0n) is 12.1. The summed E-state index contributed by atoms with van der Waals surface area (Å²) in [6.07, 6.45) is 5.79. The predicted octanol–water partition coefficient (Wildman–Crippen LogP) is 2.78. The molecule has 1 atom stereocenters. The summed E-state index contributed by atoms with van der Waals surface area (Å²) in [6.45, 7) is 9.47. The maximum atomic E-state index is 9.12. The van der Waals surface area contributed by atoms with E-state index in [1.165, 1.54) is 25.8 Å². The smallest absolute Gasteiger partial charge is 0.103 e. The molecule has 0 aromatic carbocycles. The molecule has 3 nitrogen and oxygen atoms in total. The van der Waals surface area contributed by atoms with Gasteiger partial charge in [0.15, 0.2) is 0 Å². The van der Waals surface area contributed by atoms with E-state index in [4.69, 9.17) is 5.26 Å². The monoisotopic (exact) mass is 239 g/mol. The summed E-state index contributed by atoms with van der Waals surface area (Å²) in [7, 11) is 2.18. The van der Waals surface area contributed by atoms with Gasteiger partial charge < -0.3 is 4.90 Å². The predicted molar refractivity (Wildman–Crippen MR) is 74.0 cm³/mol. The van der Waals surface area contributed by atoms with Gasteiger partial charge in [0, 0.05) is 0 Å². The number of nitrogens with zero attached hydrogens (tertiary/aromatic N) is 2. The molecule has 0 aromatic rings. The van der Waals surface area contributed by atoms with Gasteiger partial charge in [0.2, 0.25) is 0 Å². The SMILES string of the molecule is CCCCN(C)CCCCC(C)(C#N)NCC. The van der Waals surface area contributed by atoms with Crippen LogP contribution in [0, 0.1) is 11.3 Å². The molecule has 3 heteroatoms. The van der Waals surface area contributed by atoms with Crippen LogP contribution in [0.25, 0.3) is 0 Å². The highest BCUT2D eigenvalue weighted by Gasteiger charge is 2.21. The van der Waals surface area contributed by atoms with Gasteiger partial charge in [0.25, 0.3) is 0 Å². The van der Waals surface area contributed by atoms with Crippen molar-refractivity contribution in [3.05, 3.63) is 0 Å². The van der Waals surface area contributed by atoms with Crippen molar-refractivity contribution in [3.63, 3.8) is 0 Å². The van der Waals surface area contributed by atoms with Gasteiger partial charge >= 0.3 is 0 Å². The van der Waals surface area contributed by atoms with Crippen LogP contribution in [0.2, 0.25) is 0 Å². The lowest BCUT2D eigenvalue weighted by atomic mass is 9.96. The quantitative estimate of drug-likeness (QED) is 0.596. The summed E-state index contributed by atoms with van der Waals surface area (Å²) < 4.78 is 0. The van der Waals surface area contributed by atoms with E-state index in [1.807, 2.05) is 13.8 Å². The molecule has 0 amide bonds. The molecule has 0 aliphatic heterocycles. The fourth-order valence-electron chi connectivity index (χ4n) is 1.97. The Kier molecular flexibility index (Phi) is 9.11. The molecule has 0 radical (unpaired) electrons. The maximum absolute atomic E-state index is 9.12. The average molecular weight is 239 g/mol. The Morgan fingerprint density at radius 1 is 1.18 bits per heavy atom. The normalized spacial score (nSPS) is 14.6. The highest BCUT2D eigenvalue weighted by molar-refractivity contribution is 5.03. The van der Waals surface area contributed by atoms with Gasteiger partial charge in [-0.25, -0.2) is 0 Å². The lowest BCUT2D eigenvalue weighted by Gasteiger charge is -2.23. The molecule has 1 unspecified atom stereocenters. The molecule has 17 heavy (non-hydrogen) atoms. The lowest BCUT2D eigenvalue weighted by molar-refractivity contribution is 0.310. The zero-order valence-corrected chi connectivity index (χ0v) is 12.1. The van der Waals surface area contributed by atoms with E-state index in [-0.39, 0.29) is 5.54 Å². The van der Waals surface area contributed by atoms with Crippen LogP contribution in [-0.4, -0.2) is 37.1 Å². The fourth-order valence-corrected chi connectivity index (χ4v) is 1.97. The summed E-state index contributed by atoms with van der Waals surface area (Å²) in [6, 6.07) is 2.38. The Balaban J connectivity index is 3.65. The molecule has 0 saturated heterocycles. The van der Waals surface area contributed by atoms with Crippen LogP contribution in [-0.2, 0) is 0 Å². The first-order chi connectivity index (χ1) is 8.08. The van der Waals surface area contributed by atoms with Gasteiger partial charge in [0.05, 0.1) is 6.07 Å². The first-order valence-corrected chi connectivity index (χ1v) is 6.92. The van der Waals surface area contributed by atoms with Gasteiger partial charge in [0.1, 0.15) is 5.54 Å². The van der Waals surface area contributed by atoms with Crippen molar-refractivity contribution in [2.75, 3.05) is 26.7 Å². The first kappa shape index (κ1) is 16.4. The van der Waals surface area contributed by atoms with Gasteiger partial charge in [-0.1, -0.05) is 20.3 Å². The molecule has 0 spiro atoms. The van der Waals surface area contributed by atoms with Gasteiger partial charge in [-0.2, -0.15) is 5.26 Å². The minimum Gasteiger partial charge on any atom is -0.306 e. The number of hydrogen-bond donors (Lipinski definition) is 1. The fraction of sp³-hybridized carbons (Fsp3) is 0.929. The Morgan fingerprint density at radius 2 is 1.82 bits per heavy atom. The number of rotatable bonds is 10. The lowest BCUT2D eigenvalue weighted by Crippen LogP contribution is -2.40. The van der Waals surface area contributed by atoms with Crippen molar-refractivity contribution in [3.8, 4) is 6.07 Å². The molecule has 0 bridgehead atoms. The summed E-state index contributed by atoms with van der Waals surface area (Å²) >= 11 is 0. The van der Waals surface area contributed by atoms with Crippen molar-refractivity contribution in [1.29, 1.82) is 5.26 Å². The summed E-state index contributed by atoms with van der Waals surface area (Å²) in [5.74, 6) is 0. The molecule has 1 N–H and O–H groups in total. The zero-order chi connectivity index (χ0) is 13.1. The van der Waals surface area contributed by atoms with E-state index in [9.17, 15) is 0 Å². The van der Waals surface area contributed by atoms with Gasteiger partial charge in [-0.3, -0.25) is 5.32 Å². The molecule has 100 valence electrons. The van der Waals surface area contributed by atoms with E-state index in [1.54, 1.807) is 0 Å². The number of unbranched alkanes of at least 4 members (excludes halogenated alkanes) is 2. The topological polar surface area (TPSA) is 39.1 Å². The van der Waals surface area contributed by atoms with E-state index in [2.05, 4.69) is 30.3 Å². The van der Waals surface area contributed by atoms with Crippen molar-refractivity contribution < 1.29 is 0 Å². The van der Waals surface area contributed by atoms with Crippen LogP contribution < -0.4 is 5.32 Å². The number of nitrogens with one attached hydrogen (secondary N) is 1. The molecular weight excluding hydrogens is 210 g/mol. The molecule has 0 rings (SSSR count). The second-order valence-corrected chi connectivity index (χ2v) is 5.09. The van der Waals surface area contributed by atoms with Crippen LogP contribution in [0.1, 0.15) is 52.9 Å². The molecule has 0 aliphatic rings. The third-order valence-corrected chi connectivity index (χ3v) is 3.17. The summed E-state index contributed by atoms with van der Waals surface area (Å²) in [5, 5.41) is 12.4. The van der Waals surface area contributed by atoms with E-state index >= 15 is 0 Å². The Morgan fingerprint density at radius 3 is 2.35 bits per heavy atom. The van der Waals surface area contributed by atoms with Crippen LogP contribution in [0.15, 0.2) is 0 Å². The Bertz CT molecular complexity index is 222. The second-order valence-electron chi connectivity index (χ2n) is 5.09. The first-order valence-electron chi connectivity index (χ1n) is 6.92. The Hall–Kier alpha value is -0.590. The molecule has 0 saturated carbocycles. The van der Waals surface area contributed by atoms with Crippen molar-refractivity contribution >= 4 is 0 Å². The van der Waals surface area contributed by atoms with E-state index in [0.29, 0.717) is 0 Å². The summed E-state index contributed by atoms with van der Waals surface area (Å²) in [5.41, 5.74) is -0.337. The third kappa shape index (κ3) is 8.18. The van der Waals surface area contributed by atoms with Gasteiger partial charge in [-0.15, -0.1) is 0 Å². The van der Waals surface area contributed by atoms with Crippen molar-refractivity contribution in [2.45, 2.75) is 58.4 Å². The minimum absolute atomic E-state index is 0.337. The van der Waals surface area contributed by atoms with Crippen molar-refractivity contribution in [1.82, 2.24) is 10.2 Å². The van der Waals surface area contributed by atoms with Gasteiger partial charge in [-0.05, 0) is 59.3 Å². The van der Waals surface area contributed by atoms with Crippen LogP contribution in [0.3, 0.4) is 0 Å². The molecule has 0 aliphatic carbocycles. The second kappa shape index (κ2) is 9.44. The maximum Gasteiger partial charge on any atom is 0.103 e. The number of hydrogen-bond acceptors (Lipinski definition) is 3. The van der Waals surface area contributed by atoms with E-state index < -0.39 is 0 Å².